The van der Waals surface area contributed by atoms with Crippen LogP contribution in [0.4, 0.5) is 0 Å². The monoisotopic (exact) mass is 299 g/mol. The van der Waals surface area contributed by atoms with E-state index in [-0.39, 0.29) is 0 Å². The van der Waals surface area contributed by atoms with E-state index < -0.39 is 0 Å². The Morgan fingerprint density at radius 1 is 1.11 bits per heavy atom. The van der Waals surface area contributed by atoms with E-state index in [2.05, 4.69) is 30.6 Å². The van der Waals surface area contributed by atoms with Gasteiger partial charge >= 0.3 is 0 Å². The van der Waals surface area contributed by atoms with Crippen molar-refractivity contribution in [1.82, 2.24) is 5.32 Å². The van der Waals surface area contributed by atoms with Gasteiger partial charge in [-0.2, -0.15) is 11.8 Å². The van der Waals surface area contributed by atoms with Crippen LogP contribution in [0.25, 0.3) is 0 Å². The summed E-state index contributed by atoms with van der Waals surface area (Å²) in [5, 5.41) is 4.46. The normalized spacial score (nSPS) is 12.6. The molecule has 0 radical (unpaired) electrons. The van der Waals surface area contributed by atoms with Gasteiger partial charge in [0.1, 0.15) is 0 Å². The van der Waals surface area contributed by atoms with Crippen LogP contribution in [0.5, 0.6) is 0 Å². The first-order valence-corrected chi connectivity index (χ1v) is 9.03. The van der Waals surface area contributed by atoms with Crippen LogP contribution < -0.4 is 5.32 Å². The SMILES string of the molecule is CCC(NCCCCCCSC)c1ccc(Cl)cc1. The van der Waals surface area contributed by atoms with Crippen LogP contribution in [-0.4, -0.2) is 18.6 Å². The second kappa shape index (κ2) is 10.6. The van der Waals surface area contributed by atoms with E-state index in [0.717, 1.165) is 18.0 Å². The van der Waals surface area contributed by atoms with E-state index in [1.807, 2.05) is 23.9 Å². The largest absolute Gasteiger partial charge is 0.310 e. The Labute approximate surface area is 127 Å². The molecule has 0 spiro atoms. The number of unbranched alkanes of at least 4 members (excludes halogenated alkanes) is 3. The van der Waals surface area contributed by atoms with Crippen LogP contribution >= 0.6 is 23.4 Å². The molecule has 0 bridgehead atoms. The van der Waals surface area contributed by atoms with Crippen molar-refractivity contribution in [1.29, 1.82) is 0 Å². The highest BCUT2D eigenvalue weighted by Gasteiger charge is 2.07. The molecular weight excluding hydrogens is 274 g/mol. The Hall–Kier alpha value is -0.180. The van der Waals surface area contributed by atoms with Gasteiger partial charge in [-0.25, -0.2) is 0 Å². The fourth-order valence-corrected chi connectivity index (χ4v) is 2.81. The predicted octanol–water partition coefficient (Wildman–Crippen LogP) is 5.30. The second-order valence-corrected chi connectivity index (χ2v) is 6.30. The van der Waals surface area contributed by atoms with Gasteiger partial charge in [-0.1, -0.05) is 43.5 Å². The summed E-state index contributed by atoms with van der Waals surface area (Å²) in [7, 11) is 0. The van der Waals surface area contributed by atoms with Gasteiger partial charge in [-0.15, -0.1) is 0 Å². The molecule has 1 N–H and O–H groups in total. The van der Waals surface area contributed by atoms with E-state index in [4.69, 9.17) is 11.6 Å². The van der Waals surface area contributed by atoms with Crippen molar-refractivity contribution in [2.75, 3.05) is 18.6 Å². The Morgan fingerprint density at radius 2 is 1.79 bits per heavy atom. The van der Waals surface area contributed by atoms with Crippen molar-refractivity contribution in [3.8, 4) is 0 Å². The van der Waals surface area contributed by atoms with Crippen molar-refractivity contribution in [3.05, 3.63) is 34.9 Å². The molecule has 0 fully saturated rings. The Kier molecular flexibility index (Phi) is 9.40. The van der Waals surface area contributed by atoms with E-state index in [0.29, 0.717) is 6.04 Å². The maximum absolute atomic E-state index is 5.92. The van der Waals surface area contributed by atoms with Crippen LogP contribution in [0.3, 0.4) is 0 Å². The first-order chi connectivity index (χ1) is 9.27. The molecule has 108 valence electrons. The molecule has 0 aliphatic heterocycles. The van der Waals surface area contributed by atoms with Gasteiger partial charge in [0.05, 0.1) is 0 Å². The zero-order valence-corrected chi connectivity index (χ0v) is 13.7. The average molecular weight is 300 g/mol. The van der Waals surface area contributed by atoms with Gasteiger partial charge in [0.25, 0.3) is 0 Å². The van der Waals surface area contributed by atoms with Crippen LogP contribution in [0, 0.1) is 0 Å². The minimum atomic E-state index is 0.462. The average Bonchev–Trinajstić information content (AvgIpc) is 2.43. The molecule has 1 rings (SSSR count). The number of hydrogen-bond donors (Lipinski definition) is 1. The van der Waals surface area contributed by atoms with E-state index >= 15 is 0 Å². The molecule has 1 unspecified atom stereocenters. The highest BCUT2D eigenvalue weighted by molar-refractivity contribution is 7.98. The Bertz CT molecular complexity index is 326. The van der Waals surface area contributed by atoms with Crippen LogP contribution in [0.1, 0.15) is 50.6 Å². The first kappa shape index (κ1) is 16.9. The number of halogens is 1. The lowest BCUT2D eigenvalue weighted by atomic mass is 10.0. The lowest BCUT2D eigenvalue weighted by molar-refractivity contribution is 0.498. The number of benzene rings is 1. The maximum Gasteiger partial charge on any atom is 0.0406 e. The molecule has 0 heterocycles. The molecule has 0 amide bonds. The van der Waals surface area contributed by atoms with Crippen LogP contribution in [-0.2, 0) is 0 Å². The quantitative estimate of drug-likeness (QED) is 0.588. The summed E-state index contributed by atoms with van der Waals surface area (Å²) in [6.45, 7) is 3.34. The minimum Gasteiger partial charge on any atom is -0.310 e. The van der Waals surface area contributed by atoms with Crippen molar-refractivity contribution in [3.63, 3.8) is 0 Å². The molecule has 0 saturated carbocycles. The third-order valence-corrected chi connectivity index (χ3v) is 4.30. The molecule has 0 aromatic heterocycles. The van der Waals surface area contributed by atoms with Crippen molar-refractivity contribution >= 4 is 23.4 Å². The Balaban J connectivity index is 2.20. The zero-order valence-electron chi connectivity index (χ0n) is 12.1. The summed E-state index contributed by atoms with van der Waals surface area (Å²) in [4.78, 5) is 0. The molecule has 0 aliphatic carbocycles. The number of thioether (sulfide) groups is 1. The molecule has 0 aliphatic rings. The number of nitrogens with one attached hydrogen (secondary N) is 1. The fraction of sp³-hybridized carbons (Fsp3) is 0.625. The summed E-state index contributed by atoms with van der Waals surface area (Å²) in [6, 6.07) is 8.67. The lowest BCUT2D eigenvalue weighted by Gasteiger charge is -2.17. The highest BCUT2D eigenvalue weighted by Crippen LogP contribution is 2.19. The van der Waals surface area contributed by atoms with E-state index in [1.54, 1.807) is 0 Å². The summed E-state index contributed by atoms with van der Waals surface area (Å²) in [6.07, 6.45) is 8.63. The summed E-state index contributed by atoms with van der Waals surface area (Å²) < 4.78 is 0. The van der Waals surface area contributed by atoms with Gasteiger partial charge in [-0.05, 0) is 55.5 Å². The van der Waals surface area contributed by atoms with Gasteiger partial charge in [-0.3, -0.25) is 0 Å². The van der Waals surface area contributed by atoms with Gasteiger partial charge in [0.2, 0.25) is 0 Å². The Morgan fingerprint density at radius 3 is 2.42 bits per heavy atom. The molecular formula is C16H26ClNS. The summed E-state index contributed by atoms with van der Waals surface area (Å²) >= 11 is 7.87. The minimum absolute atomic E-state index is 0.462. The molecule has 1 nitrogen and oxygen atoms in total. The highest BCUT2D eigenvalue weighted by atomic mass is 35.5. The third kappa shape index (κ3) is 7.24. The third-order valence-electron chi connectivity index (χ3n) is 3.35. The van der Waals surface area contributed by atoms with E-state index in [1.165, 1.54) is 37.0 Å². The maximum atomic E-state index is 5.92. The van der Waals surface area contributed by atoms with Crippen molar-refractivity contribution in [2.24, 2.45) is 0 Å². The zero-order chi connectivity index (χ0) is 13.9. The lowest BCUT2D eigenvalue weighted by Crippen LogP contribution is -2.21. The van der Waals surface area contributed by atoms with Crippen LogP contribution in [0.15, 0.2) is 24.3 Å². The molecule has 0 saturated heterocycles. The first-order valence-electron chi connectivity index (χ1n) is 7.25. The molecule has 1 aromatic rings. The topological polar surface area (TPSA) is 12.0 Å². The number of rotatable bonds is 10. The molecule has 19 heavy (non-hydrogen) atoms. The number of hydrogen-bond acceptors (Lipinski definition) is 2. The second-order valence-electron chi connectivity index (χ2n) is 4.87. The molecule has 3 heteroatoms. The van der Waals surface area contributed by atoms with E-state index in [9.17, 15) is 0 Å². The summed E-state index contributed by atoms with van der Waals surface area (Å²) in [5.41, 5.74) is 1.34. The van der Waals surface area contributed by atoms with Crippen molar-refractivity contribution < 1.29 is 0 Å². The summed E-state index contributed by atoms with van der Waals surface area (Å²) in [5.74, 6) is 1.30. The van der Waals surface area contributed by atoms with Gasteiger partial charge in [0, 0.05) is 11.1 Å². The van der Waals surface area contributed by atoms with Crippen LogP contribution in [0.2, 0.25) is 5.02 Å². The predicted molar refractivity (Wildman–Crippen MR) is 89.3 cm³/mol. The fourth-order valence-electron chi connectivity index (χ4n) is 2.19. The smallest absolute Gasteiger partial charge is 0.0406 e. The van der Waals surface area contributed by atoms with Gasteiger partial charge < -0.3 is 5.32 Å². The molecule has 1 atom stereocenters. The standard InChI is InChI=1S/C16H26ClNS/c1-3-16(14-8-10-15(17)11-9-14)18-12-6-4-5-7-13-19-2/h8-11,16,18H,3-7,12-13H2,1-2H3. The van der Waals surface area contributed by atoms with Crippen molar-refractivity contribution in [2.45, 2.75) is 45.1 Å². The molecule has 1 aromatic carbocycles. The van der Waals surface area contributed by atoms with Gasteiger partial charge in [0.15, 0.2) is 0 Å².